The Morgan fingerprint density at radius 1 is 1.00 bits per heavy atom. The summed E-state index contributed by atoms with van der Waals surface area (Å²) >= 11 is 0. The SMILES string of the molecule is CCC(C)N1C(=O)c2ccccc2NC1c1cccc2ccccc12. The number of fused-ring (bicyclic) bond motifs is 2. The third-order valence-corrected chi connectivity index (χ3v) is 5.15. The number of nitrogens with one attached hydrogen (secondary N) is 1. The molecular weight excluding hydrogens is 308 g/mol. The number of nitrogens with zero attached hydrogens (tertiary/aromatic N) is 1. The average Bonchev–Trinajstić information content (AvgIpc) is 2.67. The number of benzene rings is 3. The molecule has 1 heterocycles. The third-order valence-electron chi connectivity index (χ3n) is 5.15. The van der Waals surface area contributed by atoms with Gasteiger partial charge >= 0.3 is 0 Å². The lowest BCUT2D eigenvalue weighted by Gasteiger charge is -2.42. The predicted molar refractivity (Wildman–Crippen MR) is 103 cm³/mol. The summed E-state index contributed by atoms with van der Waals surface area (Å²) in [5.41, 5.74) is 2.80. The average molecular weight is 330 g/mol. The molecule has 2 atom stereocenters. The van der Waals surface area contributed by atoms with Crippen LogP contribution in [0.3, 0.4) is 0 Å². The number of hydrogen-bond donors (Lipinski definition) is 1. The summed E-state index contributed by atoms with van der Waals surface area (Å²) in [5, 5.41) is 5.98. The van der Waals surface area contributed by atoms with Gasteiger partial charge < -0.3 is 10.2 Å². The van der Waals surface area contributed by atoms with Crippen LogP contribution in [0.25, 0.3) is 10.8 Å². The molecule has 1 N–H and O–H groups in total. The van der Waals surface area contributed by atoms with Gasteiger partial charge in [-0.05, 0) is 36.2 Å². The van der Waals surface area contributed by atoms with Gasteiger partial charge in [-0.1, -0.05) is 61.5 Å². The lowest BCUT2D eigenvalue weighted by Crippen LogP contribution is -2.47. The molecule has 0 aliphatic carbocycles. The molecule has 1 aliphatic rings. The van der Waals surface area contributed by atoms with Crippen molar-refractivity contribution >= 4 is 22.4 Å². The van der Waals surface area contributed by atoms with Crippen molar-refractivity contribution in [2.24, 2.45) is 0 Å². The van der Waals surface area contributed by atoms with Crippen molar-refractivity contribution in [3.8, 4) is 0 Å². The van der Waals surface area contributed by atoms with Crippen LogP contribution in [0, 0.1) is 0 Å². The van der Waals surface area contributed by atoms with Crippen molar-refractivity contribution < 1.29 is 4.79 Å². The Bertz CT molecular complexity index is 929. The molecule has 3 heteroatoms. The molecule has 25 heavy (non-hydrogen) atoms. The molecular formula is C22H22N2O. The summed E-state index contributed by atoms with van der Waals surface area (Å²) in [6, 6.07) is 22.6. The highest BCUT2D eigenvalue weighted by atomic mass is 16.2. The Labute approximate surface area is 148 Å². The lowest BCUT2D eigenvalue weighted by molar-refractivity contribution is 0.0595. The van der Waals surface area contributed by atoms with Crippen LogP contribution >= 0.6 is 0 Å². The molecule has 2 unspecified atom stereocenters. The highest BCUT2D eigenvalue weighted by Gasteiger charge is 2.35. The topological polar surface area (TPSA) is 32.3 Å². The Morgan fingerprint density at radius 3 is 2.56 bits per heavy atom. The van der Waals surface area contributed by atoms with E-state index in [1.807, 2.05) is 35.2 Å². The first kappa shape index (κ1) is 15.7. The summed E-state index contributed by atoms with van der Waals surface area (Å²) in [5.74, 6) is 0.0987. The molecule has 0 fully saturated rings. The van der Waals surface area contributed by atoms with E-state index in [0.29, 0.717) is 0 Å². The fourth-order valence-electron chi connectivity index (χ4n) is 3.64. The van der Waals surface area contributed by atoms with E-state index in [9.17, 15) is 4.79 Å². The highest BCUT2D eigenvalue weighted by Crippen LogP contribution is 2.37. The summed E-state index contributed by atoms with van der Waals surface area (Å²) in [7, 11) is 0. The van der Waals surface area contributed by atoms with Gasteiger partial charge in [0, 0.05) is 17.3 Å². The summed E-state index contributed by atoms with van der Waals surface area (Å²) in [6.45, 7) is 4.24. The first-order chi connectivity index (χ1) is 12.2. The molecule has 3 aromatic rings. The number of rotatable bonds is 3. The molecule has 0 bridgehead atoms. The normalized spacial score (nSPS) is 17.9. The van der Waals surface area contributed by atoms with E-state index in [0.717, 1.165) is 23.2 Å². The summed E-state index contributed by atoms with van der Waals surface area (Å²) < 4.78 is 0. The number of carbonyl (C=O) groups excluding carboxylic acids is 1. The zero-order chi connectivity index (χ0) is 17.4. The van der Waals surface area contributed by atoms with Crippen LogP contribution in [-0.2, 0) is 0 Å². The number of anilines is 1. The molecule has 1 aliphatic heterocycles. The molecule has 1 amide bonds. The van der Waals surface area contributed by atoms with Crippen molar-refractivity contribution in [3.63, 3.8) is 0 Å². The lowest BCUT2D eigenvalue weighted by atomic mass is 9.97. The molecule has 4 rings (SSSR count). The minimum absolute atomic E-state index is 0.0987. The van der Waals surface area contributed by atoms with Crippen LogP contribution in [0.4, 0.5) is 5.69 Å². The van der Waals surface area contributed by atoms with Crippen molar-refractivity contribution in [2.75, 3.05) is 5.32 Å². The zero-order valence-corrected chi connectivity index (χ0v) is 14.6. The fourth-order valence-corrected chi connectivity index (χ4v) is 3.64. The quantitative estimate of drug-likeness (QED) is 0.715. The number of amides is 1. The standard InChI is InChI=1S/C22H22N2O/c1-3-15(2)24-21(23-20-14-7-6-12-19(20)22(24)25)18-13-8-10-16-9-4-5-11-17(16)18/h4-15,21,23H,3H2,1-2H3. The molecule has 3 nitrogen and oxygen atoms in total. The van der Waals surface area contributed by atoms with Crippen LogP contribution in [0.15, 0.2) is 66.7 Å². The fraction of sp³-hybridized carbons (Fsp3) is 0.227. The third kappa shape index (κ3) is 2.56. The summed E-state index contributed by atoms with van der Waals surface area (Å²) in [4.78, 5) is 15.2. The van der Waals surface area contributed by atoms with Gasteiger partial charge in [-0.3, -0.25) is 4.79 Å². The van der Waals surface area contributed by atoms with Crippen molar-refractivity contribution in [1.29, 1.82) is 0 Å². The molecule has 126 valence electrons. The van der Waals surface area contributed by atoms with E-state index in [1.165, 1.54) is 10.8 Å². The Kier molecular flexibility index (Phi) is 3.92. The second kappa shape index (κ2) is 6.25. The molecule has 0 spiro atoms. The maximum absolute atomic E-state index is 13.2. The second-order valence-electron chi connectivity index (χ2n) is 6.63. The van der Waals surface area contributed by atoms with Gasteiger partial charge in [-0.2, -0.15) is 0 Å². The van der Waals surface area contributed by atoms with Crippen molar-refractivity contribution in [3.05, 3.63) is 77.9 Å². The highest BCUT2D eigenvalue weighted by molar-refractivity contribution is 6.02. The van der Waals surface area contributed by atoms with E-state index in [2.05, 4.69) is 55.6 Å². The minimum Gasteiger partial charge on any atom is -0.361 e. The minimum atomic E-state index is -0.163. The van der Waals surface area contributed by atoms with Gasteiger partial charge in [0.05, 0.1) is 5.56 Å². The van der Waals surface area contributed by atoms with E-state index < -0.39 is 0 Å². The van der Waals surface area contributed by atoms with Crippen LogP contribution in [0.5, 0.6) is 0 Å². The van der Waals surface area contributed by atoms with Crippen LogP contribution in [0.1, 0.15) is 42.4 Å². The Hall–Kier alpha value is -2.81. The van der Waals surface area contributed by atoms with E-state index in [4.69, 9.17) is 0 Å². The first-order valence-corrected chi connectivity index (χ1v) is 8.86. The maximum Gasteiger partial charge on any atom is 0.258 e. The molecule has 0 saturated heterocycles. The first-order valence-electron chi connectivity index (χ1n) is 8.86. The van der Waals surface area contributed by atoms with Gasteiger partial charge in [0.1, 0.15) is 6.17 Å². The molecule has 0 aromatic heterocycles. The molecule has 3 aromatic carbocycles. The van der Waals surface area contributed by atoms with E-state index in [-0.39, 0.29) is 18.1 Å². The van der Waals surface area contributed by atoms with Crippen LogP contribution in [0.2, 0.25) is 0 Å². The zero-order valence-electron chi connectivity index (χ0n) is 14.6. The Morgan fingerprint density at radius 2 is 1.72 bits per heavy atom. The van der Waals surface area contributed by atoms with Crippen LogP contribution < -0.4 is 5.32 Å². The predicted octanol–water partition coefficient (Wildman–Crippen LogP) is 5.20. The van der Waals surface area contributed by atoms with Gasteiger partial charge in [0.25, 0.3) is 5.91 Å². The van der Waals surface area contributed by atoms with Crippen molar-refractivity contribution in [2.45, 2.75) is 32.5 Å². The second-order valence-corrected chi connectivity index (χ2v) is 6.63. The summed E-state index contributed by atoms with van der Waals surface area (Å²) in [6.07, 6.45) is 0.750. The number of carbonyl (C=O) groups is 1. The van der Waals surface area contributed by atoms with E-state index >= 15 is 0 Å². The van der Waals surface area contributed by atoms with Crippen molar-refractivity contribution in [1.82, 2.24) is 4.90 Å². The van der Waals surface area contributed by atoms with Gasteiger partial charge in [0.15, 0.2) is 0 Å². The Balaban J connectivity index is 1.90. The van der Waals surface area contributed by atoms with Gasteiger partial charge in [-0.15, -0.1) is 0 Å². The largest absolute Gasteiger partial charge is 0.361 e. The number of hydrogen-bond acceptors (Lipinski definition) is 2. The van der Waals surface area contributed by atoms with E-state index in [1.54, 1.807) is 0 Å². The van der Waals surface area contributed by atoms with Crippen LogP contribution in [-0.4, -0.2) is 16.8 Å². The van der Waals surface area contributed by atoms with Gasteiger partial charge in [0.2, 0.25) is 0 Å². The molecule has 0 radical (unpaired) electrons. The smallest absolute Gasteiger partial charge is 0.258 e. The molecule has 0 saturated carbocycles. The number of para-hydroxylation sites is 1. The van der Waals surface area contributed by atoms with Gasteiger partial charge in [-0.25, -0.2) is 0 Å². The monoisotopic (exact) mass is 330 g/mol. The maximum atomic E-state index is 13.2.